The van der Waals surface area contributed by atoms with Gasteiger partial charge in [-0.2, -0.15) is 10.4 Å². The van der Waals surface area contributed by atoms with E-state index in [0.717, 1.165) is 16.9 Å². The predicted molar refractivity (Wildman–Crippen MR) is 71.8 cm³/mol. The number of hydrogen-bond acceptors (Lipinski definition) is 4. The van der Waals surface area contributed by atoms with Crippen molar-refractivity contribution >= 4 is 11.0 Å². The van der Waals surface area contributed by atoms with Crippen LogP contribution in [-0.4, -0.2) is 24.3 Å². The van der Waals surface area contributed by atoms with E-state index in [2.05, 4.69) is 25.7 Å². The molecule has 2 heterocycles. The van der Waals surface area contributed by atoms with Crippen LogP contribution in [0.1, 0.15) is 30.3 Å². The molecule has 0 unspecified atom stereocenters. The Balaban J connectivity index is 1.86. The first kappa shape index (κ1) is 11.2. The Morgan fingerprint density at radius 3 is 2.95 bits per heavy atom. The molecule has 0 spiro atoms. The molecule has 3 aromatic rings. The molecular formula is C14H12N6. The fraction of sp³-hybridized carbons (Fsp3) is 0.286. The summed E-state index contributed by atoms with van der Waals surface area (Å²) >= 11 is 0. The molecule has 20 heavy (non-hydrogen) atoms. The van der Waals surface area contributed by atoms with Crippen LogP contribution in [-0.2, 0) is 6.54 Å². The highest BCUT2D eigenvalue weighted by atomic mass is 15.3. The van der Waals surface area contributed by atoms with Crippen molar-refractivity contribution in [1.29, 1.82) is 5.26 Å². The van der Waals surface area contributed by atoms with Gasteiger partial charge in [-0.1, -0.05) is 0 Å². The number of hydrogen-bond donors (Lipinski definition) is 0. The van der Waals surface area contributed by atoms with E-state index in [0.29, 0.717) is 18.2 Å². The first-order valence-electron chi connectivity index (χ1n) is 6.58. The van der Waals surface area contributed by atoms with E-state index in [1.807, 2.05) is 18.2 Å². The lowest BCUT2D eigenvalue weighted by atomic mass is 10.2. The van der Waals surface area contributed by atoms with Crippen LogP contribution in [0.25, 0.3) is 11.0 Å². The fourth-order valence-electron chi connectivity index (χ4n) is 2.53. The number of nitrogens with zero attached hydrogens (tertiary/aromatic N) is 6. The van der Waals surface area contributed by atoms with Gasteiger partial charge in [-0.3, -0.25) is 0 Å². The molecule has 0 saturated heterocycles. The average Bonchev–Trinajstić information content (AvgIpc) is 3.05. The zero-order valence-corrected chi connectivity index (χ0v) is 10.8. The molecule has 1 aliphatic rings. The topological polar surface area (TPSA) is 72.3 Å². The summed E-state index contributed by atoms with van der Waals surface area (Å²) < 4.78 is 4.05. The van der Waals surface area contributed by atoms with Crippen LogP contribution >= 0.6 is 0 Å². The van der Waals surface area contributed by atoms with Crippen LogP contribution in [0.5, 0.6) is 0 Å². The fourth-order valence-corrected chi connectivity index (χ4v) is 2.53. The van der Waals surface area contributed by atoms with Crippen molar-refractivity contribution in [1.82, 2.24) is 24.3 Å². The first-order chi connectivity index (χ1) is 9.85. The molecule has 1 aliphatic carbocycles. The van der Waals surface area contributed by atoms with E-state index in [4.69, 9.17) is 5.26 Å². The Kier molecular flexibility index (Phi) is 2.33. The number of aromatic nitrogens is 5. The van der Waals surface area contributed by atoms with E-state index in [-0.39, 0.29) is 0 Å². The summed E-state index contributed by atoms with van der Waals surface area (Å²) in [6.45, 7) is 0.604. The van der Waals surface area contributed by atoms with E-state index >= 15 is 0 Å². The second-order valence-corrected chi connectivity index (χ2v) is 5.04. The van der Waals surface area contributed by atoms with Crippen molar-refractivity contribution in [3.05, 3.63) is 42.2 Å². The van der Waals surface area contributed by atoms with E-state index < -0.39 is 0 Å². The lowest BCUT2D eigenvalue weighted by Crippen LogP contribution is -2.08. The molecular weight excluding hydrogens is 252 g/mol. The number of nitriles is 1. The Bertz CT molecular complexity index is 804. The lowest BCUT2D eigenvalue weighted by Gasteiger charge is -2.07. The van der Waals surface area contributed by atoms with Crippen LogP contribution in [0.2, 0.25) is 0 Å². The Morgan fingerprint density at radius 2 is 2.25 bits per heavy atom. The molecule has 6 heteroatoms. The van der Waals surface area contributed by atoms with Gasteiger partial charge >= 0.3 is 0 Å². The zero-order valence-electron chi connectivity index (χ0n) is 10.8. The highest BCUT2D eigenvalue weighted by molar-refractivity contribution is 5.78. The number of fused-ring (bicyclic) bond motifs is 1. The molecule has 0 bridgehead atoms. The van der Waals surface area contributed by atoms with Crippen molar-refractivity contribution < 1.29 is 0 Å². The predicted octanol–water partition coefficient (Wildman–Crippen LogP) is 1.88. The average molecular weight is 264 g/mol. The van der Waals surface area contributed by atoms with Crippen molar-refractivity contribution in [2.75, 3.05) is 0 Å². The SMILES string of the molecule is N#Cc1ccc2c(c1)nc(Cn1cncn1)n2C1CC1. The summed E-state index contributed by atoms with van der Waals surface area (Å²) in [6.07, 6.45) is 5.60. The normalized spacial score (nSPS) is 14.6. The molecule has 0 N–H and O–H groups in total. The summed E-state index contributed by atoms with van der Waals surface area (Å²) in [5.41, 5.74) is 2.62. The van der Waals surface area contributed by atoms with Crippen molar-refractivity contribution in [2.24, 2.45) is 0 Å². The van der Waals surface area contributed by atoms with Gasteiger partial charge in [0.05, 0.1) is 22.7 Å². The van der Waals surface area contributed by atoms with Gasteiger partial charge in [0, 0.05) is 6.04 Å². The minimum Gasteiger partial charge on any atom is -0.323 e. The smallest absolute Gasteiger partial charge is 0.137 e. The Labute approximate surface area is 115 Å². The first-order valence-corrected chi connectivity index (χ1v) is 6.58. The third-order valence-electron chi connectivity index (χ3n) is 3.57. The Hall–Kier alpha value is -2.68. The van der Waals surface area contributed by atoms with Crippen molar-refractivity contribution in [2.45, 2.75) is 25.4 Å². The molecule has 1 fully saturated rings. The zero-order chi connectivity index (χ0) is 13.5. The van der Waals surface area contributed by atoms with Gasteiger partial charge in [0.25, 0.3) is 0 Å². The van der Waals surface area contributed by atoms with E-state index in [1.54, 1.807) is 11.0 Å². The molecule has 0 aliphatic heterocycles. The quantitative estimate of drug-likeness (QED) is 0.724. The van der Waals surface area contributed by atoms with E-state index in [9.17, 15) is 0 Å². The summed E-state index contributed by atoms with van der Waals surface area (Å²) in [5.74, 6) is 0.975. The van der Waals surface area contributed by atoms with Gasteiger partial charge < -0.3 is 4.57 Å². The summed E-state index contributed by atoms with van der Waals surface area (Å²) in [6, 6.07) is 8.38. The van der Waals surface area contributed by atoms with Gasteiger partial charge in [0.2, 0.25) is 0 Å². The summed E-state index contributed by atoms with van der Waals surface area (Å²) in [5, 5.41) is 13.1. The van der Waals surface area contributed by atoms with Crippen LogP contribution in [0, 0.1) is 11.3 Å². The van der Waals surface area contributed by atoms with Gasteiger partial charge in [0.15, 0.2) is 0 Å². The van der Waals surface area contributed by atoms with E-state index in [1.165, 1.54) is 19.2 Å². The molecule has 0 amide bonds. The Morgan fingerprint density at radius 1 is 1.35 bits per heavy atom. The minimum atomic E-state index is 0.534. The molecule has 98 valence electrons. The third kappa shape index (κ3) is 1.75. The molecule has 1 aromatic carbocycles. The summed E-state index contributed by atoms with van der Waals surface area (Å²) in [4.78, 5) is 8.64. The second kappa shape index (κ2) is 4.17. The lowest BCUT2D eigenvalue weighted by molar-refractivity contribution is 0.607. The van der Waals surface area contributed by atoms with Crippen LogP contribution in [0.3, 0.4) is 0 Å². The monoisotopic (exact) mass is 264 g/mol. The molecule has 1 saturated carbocycles. The van der Waals surface area contributed by atoms with Crippen LogP contribution in [0.15, 0.2) is 30.9 Å². The number of rotatable bonds is 3. The van der Waals surface area contributed by atoms with Crippen LogP contribution < -0.4 is 0 Å². The number of imidazole rings is 1. The summed E-state index contributed by atoms with van der Waals surface area (Å²) in [7, 11) is 0. The largest absolute Gasteiger partial charge is 0.323 e. The van der Waals surface area contributed by atoms with Gasteiger partial charge in [0.1, 0.15) is 25.0 Å². The molecule has 6 nitrogen and oxygen atoms in total. The molecule has 0 atom stereocenters. The molecule has 2 aromatic heterocycles. The molecule has 0 radical (unpaired) electrons. The van der Waals surface area contributed by atoms with Crippen LogP contribution in [0.4, 0.5) is 0 Å². The van der Waals surface area contributed by atoms with Gasteiger partial charge in [-0.15, -0.1) is 0 Å². The standard InChI is InChI=1S/C14H12N6/c15-6-10-1-4-13-12(5-10)18-14(20(13)11-2-3-11)7-19-9-16-8-17-19/h1,4-5,8-9,11H,2-3,7H2. The maximum absolute atomic E-state index is 9.00. The maximum Gasteiger partial charge on any atom is 0.137 e. The highest BCUT2D eigenvalue weighted by Crippen LogP contribution is 2.38. The minimum absolute atomic E-state index is 0.534. The molecule has 4 rings (SSSR count). The second-order valence-electron chi connectivity index (χ2n) is 5.04. The van der Waals surface area contributed by atoms with Crippen molar-refractivity contribution in [3.63, 3.8) is 0 Å². The number of benzene rings is 1. The van der Waals surface area contributed by atoms with Gasteiger partial charge in [-0.05, 0) is 31.0 Å². The van der Waals surface area contributed by atoms with Gasteiger partial charge in [-0.25, -0.2) is 14.6 Å². The highest BCUT2D eigenvalue weighted by Gasteiger charge is 2.28. The van der Waals surface area contributed by atoms with Crippen molar-refractivity contribution in [3.8, 4) is 6.07 Å². The third-order valence-corrected chi connectivity index (χ3v) is 3.57. The maximum atomic E-state index is 9.00.